The molecule has 1 rings (SSSR count). The summed E-state index contributed by atoms with van der Waals surface area (Å²) in [6, 6.07) is 6.66. The lowest BCUT2D eigenvalue weighted by Crippen LogP contribution is -2.16. The number of halogens is 2. The maximum absolute atomic E-state index is 13.8. The van der Waals surface area contributed by atoms with Crippen LogP contribution in [-0.4, -0.2) is 5.75 Å². The van der Waals surface area contributed by atoms with Gasteiger partial charge in [-0.05, 0) is 29.7 Å². The number of alkyl halides is 2. The molecule has 0 bridgehead atoms. The van der Waals surface area contributed by atoms with Gasteiger partial charge in [0.15, 0.2) is 0 Å². The van der Waals surface area contributed by atoms with Crippen molar-refractivity contribution in [3.63, 3.8) is 0 Å². The lowest BCUT2D eigenvalue weighted by atomic mass is 9.97. The maximum Gasteiger partial charge on any atom is 0.273 e. The van der Waals surface area contributed by atoms with E-state index < -0.39 is 5.92 Å². The molecule has 0 unspecified atom stereocenters. The van der Waals surface area contributed by atoms with Gasteiger partial charge in [0.05, 0.1) is 0 Å². The van der Waals surface area contributed by atoms with Crippen molar-refractivity contribution < 1.29 is 8.78 Å². The fourth-order valence-corrected chi connectivity index (χ4v) is 1.97. The zero-order valence-electron chi connectivity index (χ0n) is 9.71. The van der Waals surface area contributed by atoms with Crippen LogP contribution in [-0.2, 0) is 12.3 Å². The lowest BCUT2D eigenvalue weighted by molar-refractivity contribution is -0.0249. The van der Waals surface area contributed by atoms with Gasteiger partial charge >= 0.3 is 0 Å². The van der Waals surface area contributed by atoms with Crippen molar-refractivity contribution in [3.05, 3.63) is 35.4 Å². The third-order valence-electron chi connectivity index (χ3n) is 2.41. The van der Waals surface area contributed by atoms with Crippen LogP contribution in [0.2, 0.25) is 0 Å². The van der Waals surface area contributed by atoms with Crippen LogP contribution in [0.5, 0.6) is 0 Å². The van der Waals surface area contributed by atoms with Crippen molar-refractivity contribution >= 4 is 12.6 Å². The quantitative estimate of drug-likeness (QED) is 0.734. The van der Waals surface area contributed by atoms with Crippen molar-refractivity contribution in [2.24, 2.45) is 5.92 Å². The molecule has 0 aromatic heterocycles. The van der Waals surface area contributed by atoms with Gasteiger partial charge in [-0.15, -0.1) is 0 Å². The highest BCUT2D eigenvalue weighted by Crippen LogP contribution is 2.34. The molecule has 16 heavy (non-hydrogen) atoms. The Balaban J connectivity index is 2.89. The molecule has 0 atom stereocenters. The first-order chi connectivity index (χ1) is 7.45. The summed E-state index contributed by atoms with van der Waals surface area (Å²) < 4.78 is 27.6. The minimum Gasteiger partial charge on any atom is -0.201 e. The summed E-state index contributed by atoms with van der Waals surface area (Å²) in [5.74, 6) is -2.05. The summed E-state index contributed by atoms with van der Waals surface area (Å²) in [5.41, 5.74) is 1.05. The van der Waals surface area contributed by atoms with Crippen LogP contribution in [0.3, 0.4) is 0 Å². The maximum atomic E-state index is 13.8. The predicted octanol–water partition coefficient (Wildman–Crippen LogP) is 4.30. The summed E-state index contributed by atoms with van der Waals surface area (Å²) in [6.07, 6.45) is 0.631. The first-order valence-electron chi connectivity index (χ1n) is 5.54. The van der Waals surface area contributed by atoms with E-state index in [1.165, 1.54) is 6.07 Å². The first-order valence-corrected chi connectivity index (χ1v) is 6.17. The van der Waals surface area contributed by atoms with Crippen molar-refractivity contribution in [3.8, 4) is 0 Å². The van der Waals surface area contributed by atoms with Gasteiger partial charge in [0.1, 0.15) is 0 Å². The van der Waals surface area contributed by atoms with Crippen molar-refractivity contribution in [1.82, 2.24) is 0 Å². The summed E-state index contributed by atoms with van der Waals surface area (Å²) >= 11 is 4.11. The van der Waals surface area contributed by atoms with E-state index in [9.17, 15) is 8.78 Å². The summed E-state index contributed by atoms with van der Waals surface area (Å²) in [4.78, 5) is 0. The topological polar surface area (TPSA) is 0 Å². The standard InChI is InChI=1S/C13H18F2S/c1-10(2)9-13(14,15)12-5-3-4-11(8-12)6-7-16/h3-5,8,10,16H,6-7,9H2,1-2H3. The van der Waals surface area contributed by atoms with E-state index in [2.05, 4.69) is 12.6 Å². The second-order valence-corrected chi connectivity index (χ2v) is 4.92. The first kappa shape index (κ1) is 13.5. The molecule has 1 aromatic carbocycles. The average molecular weight is 244 g/mol. The van der Waals surface area contributed by atoms with E-state index in [0.717, 1.165) is 12.0 Å². The van der Waals surface area contributed by atoms with E-state index in [-0.39, 0.29) is 17.9 Å². The number of rotatable bonds is 5. The van der Waals surface area contributed by atoms with Gasteiger partial charge in [-0.2, -0.15) is 12.6 Å². The van der Waals surface area contributed by atoms with Crippen LogP contribution in [0.1, 0.15) is 31.4 Å². The molecule has 0 spiro atoms. The Morgan fingerprint density at radius 1 is 1.31 bits per heavy atom. The van der Waals surface area contributed by atoms with Crippen LogP contribution < -0.4 is 0 Å². The van der Waals surface area contributed by atoms with Gasteiger partial charge in [-0.1, -0.05) is 32.0 Å². The second kappa shape index (κ2) is 5.67. The highest BCUT2D eigenvalue weighted by molar-refractivity contribution is 7.80. The molecule has 0 nitrogen and oxygen atoms in total. The summed E-state index contributed by atoms with van der Waals surface area (Å²) in [7, 11) is 0. The zero-order valence-corrected chi connectivity index (χ0v) is 10.6. The van der Waals surface area contributed by atoms with Crippen molar-refractivity contribution in [2.45, 2.75) is 32.6 Å². The van der Waals surface area contributed by atoms with E-state index in [1.54, 1.807) is 12.1 Å². The molecule has 0 aliphatic carbocycles. The molecule has 1 aromatic rings. The van der Waals surface area contributed by atoms with E-state index in [0.29, 0.717) is 5.75 Å². The van der Waals surface area contributed by atoms with Crippen LogP contribution in [0.4, 0.5) is 8.78 Å². The van der Waals surface area contributed by atoms with Crippen LogP contribution >= 0.6 is 12.6 Å². The predicted molar refractivity (Wildman–Crippen MR) is 67.3 cm³/mol. The van der Waals surface area contributed by atoms with Gasteiger partial charge in [-0.25, -0.2) is 8.78 Å². The Morgan fingerprint density at radius 3 is 2.56 bits per heavy atom. The Morgan fingerprint density at radius 2 is 2.00 bits per heavy atom. The molecule has 0 saturated carbocycles. The fraction of sp³-hybridized carbons (Fsp3) is 0.538. The van der Waals surface area contributed by atoms with E-state index >= 15 is 0 Å². The van der Waals surface area contributed by atoms with Crippen LogP contribution in [0, 0.1) is 5.92 Å². The second-order valence-electron chi connectivity index (χ2n) is 4.48. The monoisotopic (exact) mass is 244 g/mol. The normalized spacial score (nSPS) is 12.1. The Kier molecular flexibility index (Phi) is 4.78. The number of benzene rings is 1. The zero-order chi connectivity index (χ0) is 12.2. The Bertz CT molecular complexity index is 334. The van der Waals surface area contributed by atoms with E-state index in [1.807, 2.05) is 19.9 Å². The molecule has 3 heteroatoms. The fourth-order valence-electron chi connectivity index (χ4n) is 1.71. The summed E-state index contributed by atoms with van der Waals surface area (Å²) in [5, 5.41) is 0. The van der Waals surface area contributed by atoms with Gasteiger partial charge in [-0.3, -0.25) is 0 Å². The number of thiol groups is 1. The van der Waals surface area contributed by atoms with Crippen molar-refractivity contribution in [1.29, 1.82) is 0 Å². The van der Waals surface area contributed by atoms with Gasteiger partial charge in [0.25, 0.3) is 5.92 Å². The van der Waals surface area contributed by atoms with Gasteiger partial charge < -0.3 is 0 Å². The molecule has 0 radical (unpaired) electrons. The average Bonchev–Trinajstić information content (AvgIpc) is 2.16. The Labute approximate surface area is 101 Å². The summed E-state index contributed by atoms with van der Waals surface area (Å²) in [6.45, 7) is 3.62. The molecule has 0 heterocycles. The number of hydrogen-bond donors (Lipinski definition) is 1. The van der Waals surface area contributed by atoms with Gasteiger partial charge in [0.2, 0.25) is 0 Å². The molecule has 0 aliphatic heterocycles. The molecular formula is C13H18F2S. The Hall–Kier alpha value is -0.570. The number of hydrogen-bond acceptors (Lipinski definition) is 1. The van der Waals surface area contributed by atoms with Crippen LogP contribution in [0.25, 0.3) is 0 Å². The molecule has 0 saturated heterocycles. The van der Waals surface area contributed by atoms with Crippen LogP contribution in [0.15, 0.2) is 24.3 Å². The molecule has 0 aliphatic rings. The molecule has 0 N–H and O–H groups in total. The minimum absolute atomic E-state index is 0.0106. The molecule has 90 valence electrons. The lowest BCUT2D eigenvalue weighted by Gasteiger charge is -2.19. The molecule has 0 fully saturated rings. The molecular weight excluding hydrogens is 226 g/mol. The third kappa shape index (κ3) is 3.78. The third-order valence-corrected chi connectivity index (χ3v) is 2.64. The van der Waals surface area contributed by atoms with Gasteiger partial charge in [0, 0.05) is 12.0 Å². The minimum atomic E-state index is -2.72. The van der Waals surface area contributed by atoms with Crippen molar-refractivity contribution in [2.75, 3.05) is 5.75 Å². The smallest absolute Gasteiger partial charge is 0.201 e. The molecule has 0 amide bonds. The SMILES string of the molecule is CC(C)CC(F)(F)c1cccc(CCS)c1. The number of aryl methyl sites for hydroxylation is 1. The highest BCUT2D eigenvalue weighted by Gasteiger charge is 2.32. The largest absolute Gasteiger partial charge is 0.273 e. The highest BCUT2D eigenvalue weighted by atomic mass is 32.1. The van der Waals surface area contributed by atoms with E-state index in [4.69, 9.17) is 0 Å².